The van der Waals surface area contributed by atoms with E-state index in [1.807, 2.05) is 12.1 Å². The summed E-state index contributed by atoms with van der Waals surface area (Å²) >= 11 is 0. The first kappa shape index (κ1) is 10.5. The molecule has 17 heavy (non-hydrogen) atoms. The van der Waals surface area contributed by atoms with E-state index in [0.29, 0.717) is 24.2 Å². The van der Waals surface area contributed by atoms with Gasteiger partial charge in [0.2, 0.25) is 0 Å². The number of fused-ring (bicyclic) bond motifs is 1. The summed E-state index contributed by atoms with van der Waals surface area (Å²) in [6.45, 7) is 2.89. The van der Waals surface area contributed by atoms with Crippen molar-refractivity contribution in [3.63, 3.8) is 0 Å². The molecule has 3 rings (SSSR count). The van der Waals surface area contributed by atoms with Crippen molar-refractivity contribution in [1.82, 2.24) is 20.3 Å². The van der Waals surface area contributed by atoms with Crippen LogP contribution >= 0.6 is 0 Å². The largest absolute Gasteiger partial charge is 0.464 e. The van der Waals surface area contributed by atoms with Crippen LogP contribution < -0.4 is 10.1 Å². The quantitative estimate of drug-likeness (QED) is 0.838. The third-order valence-corrected chi connectivity index (χ3v) is 3.09. The number of hydrogen-bond donors (Lipinski definition) is 2. The van der Waals surface area contributed by atoms with Crippen LogP contribution in [0.5, 0.6) is 6.01 Å². The molecule has 3 heterocycles. The summed E-state index contributed by atoms with van der Waals surface area (Å²) < 4.78 is 5.68. The Hall–Kier alpha value is -1.62. The van der Waals surface area contributed by atoms with Crippen molar-refractivity contribution in [2.24, 2.45) is 5.92 Å². The highest BCUT2D eigenvalue weighted by molar-refractivity contribution is 5.70. The summed E-state index contributed by atoms with van der Waals surface area (Å²) in [6, 6.07) is 4.41. The summed E-state index contributed by atoms with van der Waals surface area (Å²) in [5, 5.41) is 3.37. The minimum absolute atomic E-state index is 0.573. The number of piperidine rings is 1. The van der Waals surface area contributed by atoms with Gasteiger partial charge in [-0.05, 0) is 31.5 Å². The smallest absolute Gasteiger partial charge is 0.296 e. The molecule has 1 atom stereocenters. The van der Waals surface area contributed by atoms with Crippen LogP contribution in [-0.2, 0) is 0 Å². The Bertz CT molecular complexity index is 457. The lowest BCUT2D eigenvalue weighted by molar-refractivity contribution is 0.207. The number of rotatable bonds is 3. The lowest BCUT2D eigenvalue weighted by Crippen LogP contribution is -2.33. The van der Waals surface area contributed by atoms with Crippen molar-refractivity contribution in [2.75, 3.05) is 19.7 Å². The van der Waals surface area contributed by atoms with E-state index in [9.17, 15) is 0 Å². The van der Waals surface area contributed by atoms with E-state index in [4.69, 9.17) is 4.74 Å². The second kappa shape index (κ2) is 4.71. The summed E-state index contributed by atoms with van der Waals surface area (Å²) in [6.07, 6.45) is 4.19. The van der Waals surface area contributed by atoms with Gasteiger partial charge >= 0.3 is 0 Å². The zero-order valence-electron chi connectivity index (χ0n) is 9.65. The monoisotopic (exact) mass is 232 g/mol. The molecular weight excluding hydrogens is 216 g/mol. The van der Waals surface area contributed by atoms with Crippen LogP contribution in [0.25, 0.3) is 11.2 Å². The molecule has 90 valence electrons. The number of imidazole rings is 1. The van der Waals surface area contributed by atoms with Crippen molar-refractivity contribution in [3.8, 4) is 6.01 Å². The Morgan fingerprint density at radius 1 is 1.47 bits per heavy atom. The van der Waals surface area contributed by atoms with Crippen molar-refractivity contribution in [1.29, 1.82) is 0 Å². The summed E-state index contributed by atoms with van der Waals surface area (Å²) in [5.41, 5.74) is 1.63. The van der Waals surface area contributed by atoms with Gasteiger partial charge in [-0.3, -0.25) is 0 Å². The van der Waals surface area contributed by atoms with Crippen LogP contribution in [0.15, 0.2) is 18.3 Å². The van der Waals surface area contributed by atoms with Gasteiger partial charge in [0.1, 0.15) is 0 Å². The van der Waals surface area contributed by atoms with Crippen molar-refractivity contribution in [3.05, 3.63) is 18.3 Å². The van der Waals surface area contributed by atoms with Crippen LogP contribution in [0.1, 0.15) is 12.8 Å². The molecule has 1 fully saturated rings. The van der Waals surface area contributed by atoms with Crippen LogP contribution in [-0.4, -0.2) is 34.6 Å². The SMILES string of the molecule is c1cnc2nc(OC[C@@H]3CCCNC3)[nH]c2c1. The van der Waals surface area contributed by atoms with Gasteiger partial charge in [-0.25, -0.2) is 4.98 Å². The van der Waals surface area contributed by atoms with Gasteiger partial charge in [-0.1, -0.05) is 0 Å². The van der Waals surface area contributed by atoms with Crippen molar-refractivity contribution >= 4 is 11.2 Å². The number of aromatic nitrogens is 3. The Labute approximate surface area is 99.6 Å². The molecule has 2 aromatic rings. The number of hydrogen-bond acceptors (Lipinski definition) is 4. The first-order valence-corrected chi connectivity index (χ1v) is 6.06. The minimum Gasteiger partial charge on any atom is -0.464 e. The highest BCUT2D eigenvalue weighted by Gasteiger charge is 2.14. The molecule has 0 spiro atoms. The second-order valence-electron chi connectivity index (χ2n) is 4.44. The van der Waals surface area contributed by atoms with Gasteiger partial charge in [-0.2, -0.15) is 4.98 Å². The molecule has 1 saturated heterocycles. The molecule has 0 amide bonds. The molecule has 0 unspecified atom stereocenters. The fourth-order valence-corrected chi connectivity index (χ4v) is 2.15. The highest BCUT2D eigenvalue weighted by atomic mass is 16.5. The number of nitrogens with zero attached hydrogens (tertiary/aromatic N) is 2. The number of nitrogens with one attached hydrogen (secondary N) is 2. The van der Waals surface area contributed by atoms with Crippen LogP contribution in [0.2, 0.25) is 0 Å². The first-order valence-electron chi connectivity index (χ1n) is 6.06. The van der Waals surface area contributed by atoms with Crippen LogP contribution in [0.4, 0.5) is 0 Å². The maximum absolute atomic E-state index is 5.68. The molecule has 5 nitrogen and oxygen atoms in total. The predicted octanol–water partition coefficient (Wildman–Crippen LogP) is 1.34. The van der Waals surface area contributed by atoms with Gasteiger partial charge in [-0.15, -0.1) is 0 Å². The summed E-state index contributed by atoms with van der Waals surface area (Å²) in [5.74, 6) is 0.588. The lowest BCUT2D eigenvalue weighted by Gasteiger charge is -2.21. The average Bonchev–Trinajstić information content (AvgIpc) is 2.80. The molecule has 0 radical (unpaired) electrons. The maximum Gasteiger partial charge on any atom is 0.296 e. The topological polar surface area (TPSA) is 62.8 Å². The molecule has 2 aromatic heterocycles. The van der Waals surface area contributed by atoms with Gasteiger partial charge in [0, 0.05) is 18.7 Å². The van der Waals surface area contributed by atoms with Crippen molar-refractivity contribution < 1.29 is 4.74 Å². The fourth-order valence-electron chi connectivity index (χ4n) is 2.15. The van der Waals surface area contributed by atoms with Gasteiger partial charge < -0.3 is 15.0 Å². The van der Waals surface area contributed by atoms with Crippen LogP contribution in [0, 0.1) is 5.92 Å². The second-order valence-corrected chi connectivity index (χ2v) is 4.44. The van der Waals surface area contributed by atoms with E-state index < -0.39 is 0 Å². The van der Waals surface area contributed by atoms with Crippen LogP contribution in [0.3, 0.4) is 0 Å². The molecule has 2 N–H and O–H groups in total. The predicted molar refractivity (Wildman–Crippen MR) is 65.0 cm³/mol. The highest BCUT2D eigenvalue weighted by Crippen LogP contribution is 2.15. The first-order chi connectivity index (χ1) is 8.42. The van der Waals surface area contributed by atoms with E-state index >= 15 is 0 Å². The van der Waals surface area contributed by atoms with Crippen molar-refractivity contribution in [2.45, 2.75) is 12.8 Å². The van der Waals surface area contributed by atoms with E-state index in [1.165, 1.54) is 12.8 Å². The third-order valence-electron chi connectivity index (χ3n) is 3.09. The summed E-state index contributed by atoms with van der Waals surface area (Å²) in [7, 11) is 0. The van der Waals surface area contributed by atoms with E-state index in [-0.39, 0.29) is 0 Å². The fraction of sp³-hybridized carbons (Fsp3) is 0.500. The molecule has 0 aromatic carbocycles. The normalized spacial score (nSPS) is 20.6. The third kappa shape index (κ3) is 2.39. The Kier molecular flexibility index (Phi) is 2.92. The summed E-state index contributed by atoms with van der Waals surface area (Å²) in [4.78, 5) is 11.6. The standard InChI is InChI=1S/C12H16N4O/c1-3-9(7-13-5-1)8-17-12-15-10-4-2-6-14-11(10)16-12/h2,4,6,9,13H,1,3,5,7-8H2,(H,14,15,16)/t9-/m1/s1. The minimum atomic E-state index is 0.573. The molecule has 5 heteroatoms. The molecule has 0 saturated carbocycles. The number of pyridine rings is 1. The molecular formula is C12H16N4O. The molecule has 0 bridgehead atoms. The van der Waals surface area contributed by atoms with E-state index in [2.05, 4.69) is 20.3 Å². The Morgan fingerprint density at radius 3 is 3.29 bits per heavy atom. The molecule has 0 aliphatic carbocycles. The van der Waals surface area contributed by atoms with Gasteiger partial charge in [0.05, 0.1) is 12.1 Å². The molecule has 1 aliphatic rings. The lowest BCUT2D eigenvalue weighted by atomic mass is 10.0. The molecule has 1 aliphatic heterocycles. The number of ether oxygens (including phenoxy) is 1. The number of H-pyrrole nitrogens is 1. The zero-order chi connectivity index (χ0) is 11.5. The Balaban J connectivity index is 1.64. The number of aromatic amines is 1. The maximum atomic E-state index is 5.68. The van der Waals surface area contributed by atoms with Gasteiger partial charge in [0.25, 0.3) is 6.01 Å². The van der Waals surface area contributed by atoms with E-state index in [0.717, 1.165) is 18.6 Å². The van der Waals surface area contributed by atoms with E-state index in [1.54, 1.807) is 6.20 Å². The van der Waals surface area contributed by atoms with Gasteiger partial charge in [0.15, 0.2) is 5.65 Å². The average molecular weight is 232 g/mol. The zero-order valence-corrected chi connectivity index (χ0v) is 9.65. The Morgan fingerprint density at radius 2 is 2.47 bits per heavy atom.